The van der Waals surface area contributed by atoms with Gasteiger partial charge in [0.2, 0.25) is 0 Å². The van der Waals surface area contributed by atoms with Gasteiger partial charge in [0.25, 0.3) is 5.91 Å². The molecule has 0 aromatic carbocycles. The van der Waals surface area contributed by atoms with E-state index in [2.05, 4.69) is 22.3 Å². The number of nitrogens with zero attached hydrogens (tertiary/aromatic N) is 2. The summed E-state index contributed by atoms with van der Waals surface area (Å²) in [5.41, 5.74) is 1.08. The number of aromatic nitrogens is 2. The highest BCUT2D eigenvalue weighted by molar-refractivity contribution is 7.14. The Morgan fingerprint density at radius 3 is 3.05 bits per heavy atom. The molecule has 0 aliphatic carbocycles. The first-order valence-electron chi connectivity index (χ1n) is 6.65. The first-order valence-corrected chi connectivity index (χ1v) is 7.47. The number of thiophene rings is 1. The summed E-state index contributed by atoms with van der Waals surface area (Å²) in [4.78, 5) is 13.5. The van der Waals surface area contributed by atoms with E-state index in [4.69, 9.17) is 5.11 Å². The number of nitrogens with one attached hydrogen (secondary N) is 1. The summed E-state index contributed by atoms with van der Waals surface area (Å²) in [6.45, 7) is 0.627. The fourth-order valence-corrected chi connectivity index (χ4v) is 2.57. The van der Waals surface area contributed by atoms with Crippen LogP contribution in [0.4, 0.5) is 0 Å². The average Bonchev–Trinajstić information content (AvgIpc) is 3.09. The molecule has 2 N–H and O–H groups in total. The molecule has 2 aromatic heterocycles. The fourth-order valence-electron chi connectivity index (χ4n) is 1.77. The Morgan fingerprint density at radius 1 is 1.48 bits per heavy atom. The van der Waals surface area contributed by atoms with Gasteiger partial charge < -0.3 is 10.4 Å². The minimum Gasteiger partial charge on any atom is -0.395 e. The van der Waals surface area contributed by atoms with E-state index < -0.39 is 0 Å². The molecule has 0 radical (unpaired) electrons. The second-order valence-electron chi connectivity index (χ2n) is 4.39. The summed E-state index contributed by atoms with van der Waals surface area (Å²) < 4.78 is 1.80. The number of aliphatic hydroxyl groups excluding tert-OH is 1. The molecule has 0 aliphatic heterocycles. The van der Waals surface area contributed by atoms with Gasteiger partial charge in [0, 0.05) is 38.3 Å². The minimum absolute atomic E-state index is 0.0553. The van der Waals surface area contributed by atoms with Gasteiger partial charge in [-0.3, -0.25) is 9.48 Å². The van der Waals surface area contributed by atoms with Gasteiger partial charge in [-0.25, -0.2) is 0 Å². The number of amides is 1. The van der Waals surface area contributed by atoms with E-state index in [-0.39, 0.29) is 12.5 Å². The van der Waals surface area contributed by atoms with Gasteiger partial charge in [0.15, 0.2) is 0 Å². The van der Waals surface area contributed by atoms with Crippen LogP contribution >= 0.6 is 11.3 Å². The van der Waals surface area contributed by atoms with Gasteiger partial charge in [-0.15, -0.1) is 11.3 Å². The molecule has 21 heavy (non-hydrogen) atoms. The van der Waals surface area contributed by atoms with Gasteiger partial charge in [-0.05, 0) is 18.2 Å². The predicted octanol–water partition coefficient (Wildman–Crippen LogP) is 1.19. The lowest BCUT2D eigenvalue weighted by molar-refractivity contribution is 0.0958. The van der Waals surface area contributed by atoms with E-state index in [1.807, 2.05) is 19.2 Å². The molecule has 0 unspecified atom stereocenters. The Kier molecular flexibility index (Phi) is 5.55. The maximum absolute atomic E-state index is 12.0. The van der Waals surface area contributed by atoms with Crippen LogP contribution in [0.15, 0.2) is 24.4 Å². The zero-order chi connectivity index (χ0) is 15.1. The van der Waals surface area contributed by atoms with Crippen LogP contribution < -0.4 is 5.32 Å². The Hall–Kier alpha value is -2.10. The first kappa shape index (κ1) is 15.3. The molecule has 2 aromatic rings. The zero-order valence-electron chi connectivity index (χ0n) is 11.8. The van der Waals surface area contributed by atoms with Gasteiger partial charge in [0.1, 0.15) is 0 Å². The lowest BCUT2D eigenvalue weighted by atomic mass is 10.3. The Bertz CT molecular complexity index is 664. The molecule has 0 bridgehead atoms. The number of hydrogen-bond donors (Lipinski definition) is 2. The summed E-state index contributed by atoms with van der Waals surface area (Å²) in [5, 5.41) is 15.6. The molecule has 0 atom stereocenters. The third kappa shape index (κ3) is 4.45. The van der Waals surface area contributed by atoms with E-state index in [0.717, 1.165) is 17.0 Å². The van der Waals surface area contributed by atoms with Gasteiger partial charge in [-0.1, -0.05) is 11.8 Å². The van der Waals surface area contributed by atoms with Crippen molar-refractivity contribution in [2.75, 3.05) is 13.2 Å². The minimum atomic E-state index is -0.0858. The third-order valence-corrected chi connectivity index (χ3v) is 3.87. The van der Waals surface area contributed by atoms with Crippen molar-refractivity contribution in [2.45, 2.75) is 12.8 Å². The largest absolute Gasteiger partial charge is 0.395 e. The molecule has 0 saturated heterocycles. The molecule has 0 aliphatic rings. The van der Waals surface area contributed by atoms with E-state index in [1.54, 1.807) is 16.9 Å². The average molecular weight is 303 g/mol. The molecule has 2 rings (SSSR count). The van der Waals surface area contributed by atoms with E-state index >= 15 is 0 Å². The summed E-state index contributed by atoms with van der Waals surface area (Å²) in [6.07, 6.45) is 2.94. The lowest BCUT2D eigenvalue weighted by Gasteiger charge is -2.03. The number of rotatable bonds is 5. The van der Waals surface area contributed by atoms with Crippen LogP contribution in [0.3, 0.4) is 0 Å². The fraction of sp³-hybridized carbons (Fsp3) is 0.333. The molecule has 1 amide bonds. The Balaban J connectivity index is 1.84. The number of hydrogen-bond acceptors (Lipinski definition) is 4. The number of aliphatic hydroxyl groups is 1. The molecule has 0 spiro atoms. The van der Waals surface area contributed by atoms with Gasteiger partial charge in [0.05, 0.1) is 16.4 Å². The summed E-state index contributed by atoms with van der Waals surface area (Å²) >= 11 is 1.36. The van der Waals surface area contributed by atoms with Crippen LogP contribution in [0.25, 0.3) is 0 Å². The SMILES string of the molecule is Cn1nccc1CCNC(=O)c1ccc(C#CCCO)s1. The van der Waals surface area contributed by atoms with Crippen molar-refractivity contribution >= 4 is 17.2 Å². The van der Waals surface area contributed by atoms with Crippen molar-refractivity contribution in [3.63, 3.8) is 0 Å². The monoisotopic (exact) mass is 303 g/mol. The lowest BCUT2D eigenvalue weighted by Crippen LogP contribution is -2.25. The highest BCUT2D eigenvalue weighted by Gasteiger charge is 2.08. The summed E-state index contributed by atoms with van der Waals surface area (Å²) in [5.74, 6) is 5.68. The van der Waals surface area contributed by atoms with Crippen LogP contribution in [-0.4, -0.2) is 33.9 Å². The van der Waals surface area contributed by atoms with Gasteiger partial charge in [-0.2, -0.15) is 5.10 Å². The topological polar surface area (TPSA) is 67.2 Å². The maximum Gasteiger partial charge on any atom is 0.261 e. The Labute approximate surface area is 127 Å². The van der Waals surface area contributed by atoms with E-state index in [1.165, 1.54) is 11.3 Å². The zero-order valence-corrected chi connectivity index (χ0v) is 12.6. The first-order chi connectivity index (χ1) is 10.2. The standard InChI is InChI=1S/C15H17N3O2S/c1-18-12(8-10-17-18)7-9-16-15(20)14-6-5-13(21-14)4-2-3-11-19/h5-6,8,10,19H,3,7,9,11H2,1H3,(H,16,20). The summed E-state index contributed by atoms with van der Waals surface area (Å²) in [6, 6.07) is 5.53. The molecule has 110 valence electrons. The quantitative estimate of drug-likeness (QED) is 0.815. The van der Waals surface area contributed by atoms with Crippen LogP contribution in [0, 0.1) is 11.8 Å². The van der Waals surface area contributed by atoms with E-state index in [0.29, 0.717) is 17.8 Å². The maximum atomic E-state index is 12.0. The van der Waals surface area contributed by atoms with Crippen molar-refractivity contribution in [1.29, 1.82) is 0 Å². The van der Waals surface area contributed by atoms with Crippen molar-refractivity contribution < 1.29 is 9.90 Å². The molecule has 5 nitrogen and oxygen atoms in total. The van der Waals surface area contributed by atoms with E-state index in [9.17, 15) is 4.79 Å². The predicted molar refractivity (Wildman–Crippen MR) is 82.1 cm³/mol. The normalized spacial score (nSPS) is 10.0. The Morgan fingerprint density at radius 2 is 2.33 bits per heavy atom. The van der Waals surface area contributed by atoms with Crippen molar-refractivity contribution in [3.8, 4) is 11.8 Å². The van der Waals surface area contributed by atoms with Gasteiger partial charge >= 0.3 is 0 Å². The van der Waals surface area contributed by atoms with Crippen LogP contribution in [0.5, 0.6) is 0 Å². The number of aryl methyl sites for hydroxylation is 1. The van der Waals surface area contributed by atoms with Crippen molar-refractivity contribution in [2.24, 2.45) is 7.05 Å². The van der Waals surface area contributed by atoms with Crippen LogP contribution in [0.1, 0.15) is 26.7 Å². The molecule has 0 fully saturated rings. The van der Waals surface area contributed by atoms with Crippen LogP contribution in [0.2, 0.25) is 0 Å². The molecular formula is C15H17N3O2S. The van der Waals surface area contributed by atoms with Crippen molar-refractivity contribution in [1.82, 2.24) is 15.1 Å². The second kappa shape index (κ2) is 7.62. The van der Waals surface area contributed by atoms with Crippen LogP contribution in [-0.2, 0) is 13.5 Å². The second-order valence-corrected chi connectivity index (χ2v) is 5.48. The highest BCUT2D eigenvalue weighted by Crippen LogP contribution is 2.15. The molecular weight excluding hydrogens is 286 g/mol. The molecule has 2 heterocycles. The summed E-state index contributed by atoms with van der Waals surface area (Å²) in [7, 11) is 1.88. The molecule has 0 saturated carbocycles. The third-order valence-electron chi connectivity index (χ3n) is 2.87. The van der Waals surface area contributed by atoms with Crippen molar-refractivity contribution in [3.05, 3.63) is 39.8 Å². The molecule has 6 heteroatoms. The smallest absolute Gasteiger partial charge is 0.261 e. The highest BCUT2D eigenvalue weighted by atomic mass is 32.1. The number of carbonyl (C=O) groups is 1. The number of carbonyl (C=O) groups excluding carboxylic acids is 1.